The summed E-state index contributed by atoms with van der Waals surface area (Å²) in [6.07, 6.45) is 3.91. The fourth-order valence-corrected chi connectivity index (χ4v) is 4.83. The van der Waals surface area contributed by atoms with E-state index in [1.807, 2.05) is 24.1 Å². The summed E-state index contributed by atoms with van der Waals surface area (Å²) in [7, 11) is 1.93. The third kappa shape index (κ3) is 2.34. The molecule has 2 aliphatic rings. The fraction of sp³-hybridized carbons (Fsp3) is 0.421. The standard InChI is InChI=1S/C19H22N4O3/c1-21(11-19(20)13-6-7-14(10-13)22(19)12-24)17-8-9-18(23(25)26)16-5-3-2-4-15(16)17/h2-5,8-9,12-14H,6-7,10-11,20H2,1H3/t13?,14?,19-/m0/s1. The van der Waals surface area contributed by atoms with Crippen molar-refractivity contribution in [3.05, 3.63) is 46.5 Å². The van der Waals surface area contributed by atoms with E-state index < -0.39 is 5.66 Å². The summed E-state index contributed by atoms with van der Waals surface area (Å²) in [5.74, 6) is 0.296. The van der Waals surface area contributed by atoms with Crippen LogP contribution in [0.1, 0.15) is 19.3 Å². The number of amides is 1. The van der Waals surface area contributed by atoms with Crippen molar-refractivity contribution in [3.63, 3.8) is 0 Å². The number of carbonyl (C=O) groups excluding carboxylic acids is 1. The van der Waals surface area contributed by atoms with Crippen LogP contribution in [0.5, 0.6) is 0 Å². The van der Waals surface area contributed by atoms with Gasteiger partial charge >= 0.3 is 0 Å². The quantitative estimate of drug-likeness (QED) is 0.506. The summed E-state index contributed by atoms with van der Waals surface area (Å²) in [4.78, 5) is 26.4. The van der Waals surface area contributed by atoms with Gasteiger partial charge < -0.3 is 15.5 Å². The number of carbonyl (C=O) groups is 1. The van der Waals surface area contributed by atoms with Crippen LogP contribution in [0.2, 0.25) is 0 Å². The van der Waals surface area contributed by atoms with Crippen LogP contribution in [-0.4, -0.2) is 41.5 Å². The maximum absolute atomic E-state index is 11.6. The molecular weight excluding hydrogens is 332 g/mol. The molecule has 0 radical (unpaired) electrons. The Morgan fingerprint density at radius 2 is 2.04 bits per heavy atom. The number of likely N-dealkylation sites (N-methyl/N-ethyl adjacent to an activating group) is 1. The molecule has 1 aliphatic heterocycles. The lowest BCUT2D eigenvalue weighted by atomic mass is 9.91. The van der Waals surface area contributed by atoms with E-state index in [0.717, 1.165) is 36.7 Å². The van der Waals surface area contributed by atoms with Gasteiger partial charge in [-0.05, 0) is 37.3 Å². The predicted octanol–water partition coefficient (Wildman–Crippen LogP) is 2.48. The monoisotopic (exact) mass is 354 g/mol. The molecule has 2 bridgehead atoms. The second-order valence-corrected chi connectivity index (χ2v) is 7.43. The van der Waals surface area contributed by atoms with Crippen molar-refractivity contribution in [1.29, 1.82) is 0 Å². The Balaban J connectivity index is 1.71. The molecule has 2 aromatic rings. The van der Waals surface area contributed by atoms with Gasteiger partial charge in [0, 0.05) is 30.2 Å². The second kappa shape index (κ2) is 5.95. The normalized spacial score (nSPS) is 27.1. The molecule has 1 saturated heterocycles. The zero-order chi connectivity index (χ0) is 18.5. The summed E-state index contributed by atoms with van der Waals surface area (Å²) in [6, 6.07) is 10.9. The Morgan fingerprint density at radius 1 is 1.31 bits per heavy atom. The molecule has 2 N–H and O–H groups in total. The van der Waals surface area contributed by atoms with Crippen molar-refractivity contribution >= 4 is 28.6 Å². The van der Waals surface area contributed by atoms with Crippen LogP contribution in [0.25, 0.3) is 10.8 Å². The highest BCUT2D eigenvalue weighted by Crippen LogP contribution is 2.46. The van der Waals surface area contributed by atoms with Gasteiger partial charge in [0.25, 0.3) is 5.69 Å². The Kier molecular flexibility index (Phi) is 3.84. The molecule has 2 aromatic carbocycles. The topological polar surface area (TPSA) is 92.7 Å². The van der Waals surface area contributed by atoms with E-state index in [9.17, 15) is 14.9 Å². The van der Waals surface area contributed by atoms with Crippen molar-refractivity contribution in [3.8, 4) is 0 Å². The molecule has 3 atom stereocenters. The van der Waals surface area contributed by atoms with Gasteiger partial charge in [-0.25, -0.2) is 0 Å². The molecule has 2 unspecified atom stereocenters. The van der Waals surface area contributed by atoms with Gasteiger partial charge in [0.05, 0.1) is 16.9 Å². The number of rotatable bonds is 5. The van der Waals surface area contributed by atoms with Crippen LogP contribution < -0.4 is 10.6 Å². The first-order valence-corrected chi connectivity index (χ1v) is 8.85. The molecule has 7 nitrogen and oxygen atoms in total. The highest BCUT2D eigenvalue weighted by molar-refractivity contribution is 6.00. The van der Waals surface area contributed by atoms with E-state index in [1.165, 1.54) is 6.07 Å². The number of nitrogens with zero attached hydrogens (tertiary/aromatic N) is 3. The number of nitrogens with two attached hydrogens (primary N) is 1. The van der Waals surface area contributed by atoms with Gasteiger partial charge in [-0.3, -0.25) is 14.9 Å². The lowest BCUT2D eigenvalue weighted by Crippen LogP contribution is -2.64. The highest BCUT2D eigenvalue weighted by Gasteiger charge is 2.54. The molecule has 26 heavy (non-hydrogen) atoms. The number of fused-ring (bicyclic) bond motifs is 3. The molecule has 0 spiro atoms. The van der Waals surface area contributed by atoms with E-state index >= 15 is 0 Å². The largest absolute Gasteiger partial charge is 0.370 e. The van der Waals surface area contributed by atoms with Crippen molar-refractivity contribution in [1.82, 2.24) is 4.90 Å². The Hall–Kier alpha value is -2.67. The fourth-order valence-electron chi connectivity index (χ4n) is 4.83. The number of nitro groups is 1. The van der Waals surface area contributed by atoms with Crippen molar-refractivity contribution < 1.29 is 9.72 Å². The highest BCUT2D eigenvalue weighted by atomic mass is 16.6. The second-order valence-electron chi connectivity index (χ2n) is 7.43. The third-order valence-corrected chi connectivity index (χ3v) is 6.08. The van der Waals surface area contributed by atoms with Gasteiger partial charge in [0.15, 0.2) is 0 Å². The SMILES string of the molecule is CN(C[C@@]1(N)C2CCC(C2)N1C=O)c1ccc([N+](=O)[O-])c2ccccc12. The first kappa shape index (κ1) is 16.8. The average Bonchev–Trinajstić information content (AvgIpc) is 3.20. The molecule has 0 aromatic heterocycles. The van der Waals surface area contributed by atoms with Crippen LogP contribution >= 0.6 is 0 Å². The average molecular weight is 354 g/mol. The molecule has 1 heterocycles. The van der Waals surface area contributed by atoms with Gasteiger partial charge in [0.1, 0.15) is 5.66 Å². The van der Waals surface area contributed by atoms with Gasteiger partial charge in [-0.2, -0.15) is 0 Å². The third-order valence-electron chi connectivity index (χ3n) is 6.08. The zero-order valence-corrected chi connectivity index (χ0v) is 14.7. The van der Waals surface area contributed by atoms with Crippen LogP contribution in [0.4, 0.5) is 11.4 Å². The summed E-state index contributed by atoms with van der Waals surface area (Å²) in [6.45, 7) is 0.495. The summed E-state index contributed by atoms with van der Waals surface area (Å²) >= 11 is 0. The van der Waals surface area contributed by atoms with Gasteiger partial charge in [-0.1, -0.05) is 18.2 Å². The molecule has 4 rings (SSSR count). The first-order valence-electron chi connectivity index (χ1n) is 8.85. The number of anilines is 1. The van der Waals surface area contributed by atoms with Crippen molar-refractivity contribution in [2.24, 2.45) is 11.7 Å². The number of nitro benzene ring substituents is 1. The van der Waals surface area contributed by atoms with E-state index in [-0.39, 0.29) is 16.7 Å². The van der Waals surface area contributed by atoms with E-state index in [0.29, 0.717) is 17.8 Å². The molecule has 1 saturated carbocycles. The van der Waals surface area contributed by atoms with Crippen LogP contribution in [0.3, 0.4) is 0 Å². The molecule has 2 fully saturated rings. The zero-order valence-electron chi connectivity index (χ0n) is 14.7. The van der Waals surface area contributed by atoms with Gasteiger partial charge in [0.2, 0.25) is 6.41 Å². The van der Waals surface area contributed by atoms with E-state index in [4.69, 9.17) is 5.73 Å². The van der Waals surface area contributed by atoms with Crippen molar-refractivity contribution in [2.45, 2.75) is 31.0 Å². The van der Waals surface area contributed by atoms with E-state index in [2.05, 4.69) is 0 Å². The number of piperidine rings is 1. The number of hydrogen-bond acceptors (Lipinski definition) is 5. The minimum atomic E-state index is -0.692. The summed E-state index contributed by atoms with van der Waals surface area (Å²) < 4.78 is 0. The first-order chi connectivity index (χ1) is 12.5. The molecule has 7 heteroatoms. The number of benzene rings is 2. The smallest absolute Gasteiger partial charge is 0.277 e. The molecular formula is C19H22N4O3. The Labute approximate surface area is 151 Å². The Morgan fingerprint density at radius 3 is 2.73 bits per heavy atom. The van der Waals surface area contributed by atoms with Gasteiger partial charge in [-0.15, -0.1) is 0 Å². The van der Waals surface area contributed by atoms with E-state index in [1.54, 1.807) is 23.1 Å². The summed E-state index contributed by atoms with van der Waals surface area (Å²) in [5.41, 5.74) is 6.98. The lowest BCUT2D eigenvalue weighted by molar-refractivity contribution is -0.383. The van der Waals surface area contributed by atoms with Crippen LogP contribution in [0, 0.1) is 16.0 Å². The lowest BCUT2D eigenvalue weighted by Gasteiger charge is -2.44. The maximum Gasteiger partial charge on any atom is 0.277 e. The minimum absolute atomic E-state index is 0.0923. The predicted molar refractivity (Wildman–Crippen MR) is 99.8 cm³/mol. The number of hydrogen-bond donors (Lipinski definition) is 1. The summed E-state index contributed by atoms with van der Waals surface area (Å²) in [5, 5.41) is 12.7. The minimum Gasteiger partial charge on any atom is -0.370 e. The van der Waals surface area contributed by atoms with Crippen molar-refractivity contribution in [2.75, 3.05) is 18.5 Å². The maximum atomic E-state index is 11.6. The molecule has 1 amide bonds. The molecule has 136 valence electrons. The van der Waals surface area contributed by atoms with Crippen LogP contribution in [0.15, 0.2) is 36.4 Å². The molecule has 1 aliphatic carbocycles. The number of non-ortho nitro benzene ring substituents is 1. The Bertz CT molecular complexity index is 886. The van der Waals surface area contributed by atoms with Crippen LogP contribution in [-0.2, 0) is 4.79 Å². The number of likely N-dealkylation sites (tertiary alicyclic amines) is 1.